The van der Waals surface area contributed by atoms with Crippen molar-refractivity contribution in [3.63, 3.8) is 0 Å². The zero-order valence-corrected chi connectivity index (χ0v) is 16.2. The van der Waals surface area contributed by atoms with Crippen molar-refractivity contribution >= 4 is 17.4 Å². The Hall–Kier alpha value is -3.45. The van der Waals surface area contributed by atoms with Gasteiger partial charge in [-0.3, -0.25) is 10.1 Å². The first kappa shape index (κ1) is 18.9. The first-order valence-electron chi connectivity index (χ1n) is 8.99. The van der Waals surface area contributed by atoms with Crippen LogP contribution < -0.4 is 0 Å². The lowest BCUT2D eigenvalue weighted by Crippen LogP contribution is -1.97. The van der Waals surface area contributed by atoms with Crippen molar-refractivity contribution in [3.8, 4) is 11.4 Å². The number of non-ortho nitro benzene ring substituents is 1. The summed E-state index contributed by atoms with van der Waals surface area (Å²) in [5.41, 5.74) is 3.12. The van der Waals surface area contributed by atoms with E-state index in [0.29, 0.717) is 23.0 Å². The third-order valence-corrected chi connectivity index (χ3v) is 5.67. The second-order valence-corrected chi connectivity index (χ2v) is 7.42. The Morgan fingerprint density at radius 1 is 0.897 bits per heavy atom. The van der Waals surface area contributed by atoms with E-state index in [1.165, 1.54) is 23.3 Å². The minimum absolute atomic E-state index is 0.0292. The van der Waals surface area contributed by atoms with Crippen molar-refractivity contribution in [2.45, 2.75) is 11.0 Å². The summed E-state index contributed by atoms with van der Waals surface area (Å²) >= 11 is 1.71. The molecule has 0 N–H and O–H groups in total. The molecule has 0 saturated carbocycles. The van der Waals surface area contributed by atoms with Crippen molar-refractivity contribution < 1.29 is 9.45 Å². The maximum absolute atomic E-state index is 10.8. The van der Waals surface area contributed by atoms with E-state index < -0.39 is 4.92 Å². The van der Waals surface area contributed by atoms with Crippen LogP contribution in [-0.2, 0) is 5.75 Å². The third-order valence-electron chi connectivity index (χ3n) is 4.38. The van der Waals surface area contributed by atoms with Gasteiger partial charge in [0.25, 0.3) is 5.69 Å². The molecule has 4 rings (SSSR count). The van der Waals surface area contributed by atoms with Crippen LogP contribution in [0.25, 0.3) is 11.4 Å². The first-order valence-corrected chi connectivity index (χ1v) is 10.0. The lowest BCUT2D eigenvalue weighted by atomic mass is 10.0. The average molecular weight is 403 g/mol. The topological polar surface area (TPSA) is 82.1 Å². The van der Waals surface area contributed by atoms with E-state index in [1.54, 1.807) is 23.9 Å². The Kier molecular flexibility index (Phi) is 5.67. The van der Waals surface area contributed by atoms with Gasteiger partial charge in [0.1, 0.15) is 0 Å². The summed E-state index contributed by atoms with van der Waals surface area (Å²) in [4.78, 5) is 14.8. The molecule has 6 nitrogen and oxygen atoms in total. The van der Waals surface area contributed by atoms with E-state index >= 15 is 0 Å². The molecule has 0 aliphatic rings. The van der Waals surface area contributed by atoms with Gasteiger partial charge in [-0.15, -0.1) is 11.8 Å². The molecule has 0 bridgehead atoms. The summed E-state index contributed by atoms with van der Waals surface area (Å²) in [6, 6.07) is 26.7. The second-order valence-electron chi connectivity index (χ2n) is 6.33. The molecule has 0 aliphatic carbocycles. The maximum atomic E-state index is 10.8. The molecule has 3 aromatic carbocycles. The van der Waals surface area contributed by atoms with E-state index in [2.05, 4.69) is 34.4 Å². The quantitative estimate of drug-likeness (QED) is 0.292. The highest BCUT2D eigenvalue weighted by atomic mass is 32.2. The SMILES string of the molecule is O=[N+]([O-])c1ccc(-c2noc(CSC(c3ccccc3)c3ccccc3)n2)cc1. The second kappa shape index (κ2) is 8.70. The van der Waals surface area contributed by atoms with Gasteiger partial charge in [-0.2, -0.15) is 4.98 Å². The molecule has 0 radical (unpaired) electrons. The summed E-state index contributed by atoms with van der Waals surface area (Å²) in [5, 5.41) is 14.9. The zero-order chi connectivity index (χ0) is 20.1. The van der Waals surface area contributed by atoms with Crippen LogP contribution >= 0.6 is 11.8 Å². The van der Waals surface area contributed by atoms with Gasteiger partial charge in [0, 0.05) is 17.7 Å². The maximum Gasteiger partial charge on any atom is 0.269 e. The highest BCUT2D eigenvalue weighted by Gasteiger charge is 2.17. The van der Waals surface area contributed by atoms with Crippen LogP contribution in [0.4, 0.5) is 5.69 Å². The van der Waals surface area contributed by atoms with Crippen LogP contribution in [0, 0.1) is 10.1 Å². The van der Waals surface area contributed by atoms with Gasteiger partial charge in [-0.1, -0.05) is 65.8 Å². The van der Waals surface area contributed by atoms with E-state index in [0.717, 1.165) is 0 Å². The molecule has 0 spiro atoms. The molecule has 1 aromatic heterocycles. The van der Waals surface area contributed by atoms with Gasteiger partial charge in [0.2, 0.25) is 11.7 Å². The number of nitro benzene ring substituents is 1. The minimum atomic E-state index is -0.435. The van der Waals surface area contributed by atoms with E-state index in [1.807, 2.05) is 36.4 Å². The minimum Gasteiger partial charge on any atom is -0.338 e. The average Bonchev–Trinajstić information content (AvgIpc) is 3.24. The van der Waals surface area contributed by atoms with Crippen LogP contribution in [0.3, 0.4) is 0 Å². The zero-order valence-electron chi connectivity index (χ0n) is 15.3. The van der Waals surface area contributed by atoms with Crippen molar-refractivity contribution in [1.29, 1.82) is 0 Å². The predicted octanol–water partition coefficient (Wildman–Crippen LogP) is 5.67. The largest absolute Gasteiger partial charge is 0.338 e. The lowest BCUT2D eigenvalue weighted by Gasteiger charge is -2.16. The first-order chi connectivity index (χ1) is 14.2. The summed E-state index contributed by atoms with van der Waals surface area (Å²) < 4.78 is 5.40. The molecule has 1 heterocycles. The highest BCUT2D eigenvalue weighted by molar-refractivity contribution is 7.98. The van der Waals surface area contributed by atoms with Crippen molar-refractivity contribution in [2.75, 3.05) is 0 Å². The number of thioether (sulfide) groups is 1. The number of nitrogens with zero attached hydrogens (tertiary/aromatic N) is 3. The molecular formula is C22H17N3O3S. The standard InChI is InChI=1S/C22H17N3O3S/c26-25(27)19-13-11-18(12-14-19)22-23-20(28-24-22)15-29-21(16-7-3-1-4-8-16)17-9-5-2-6-10-17/h1-14,21H,15H2. The molecule has 0 unspecified atom stereocenters. The number of benzene rings is 3. The Bertz CT molecular complexity index is 1040. The summed E-state index contributed by atoms with van der Waals surface area (Å²) in [6.45, 7) is 0. The molecule has 0 fully saturated rings. The molecule has 4 aromatic rings. The molecule has 144 valence electrons. The smallest absolute Gasteiger partial charge is 0.269 e. The van der Waals surface area contributed by atoms with E-state index in [9.17, 15) is 10.1 Å². The van der Waals surface area contributed by atoms with Crippen molar-refractivity contribution in [1.82, 2.24) is 10.1 Å². The Morgan fingerprint density at radius 2 is 1.48 bits per heavy atom. The number of hydrogen-bond acceptors (Lipinski definition) is 6. The molecule has 0 aliphatic heterocycles. The molecular weight excluding hydrogens is 386 g/mol. The summed E-state index contributed by atoms with van der Waals surface area (Å²) in [6.07, 6.45) is 0. The number of nitro groups is 1. The molecule has 0 atom stereocenters. The van der Waals surface area contributed by atoms with Gasteiger partial charge in [-0.25, -0.2) is 0 Å². The van der Waals surface area contributed by atoms with Crippen LogP contribution in [0.15, 0.2) is 89.5 Å². The number of aromatic nitrogens is 2. The van der Waals surface area contributed by atoms with Crippen molar-refractivity contribution in [3.05, 3.63) is 112 Å². The monoisotopic (exact) mass is 403 g/mol. The van der Waals surface area contributed by atoms with Gasteiger partial charge >= 0.3 is 0 Å². The number of hydrogen-bond donors (Lipinski definition) is 0. The van der Waals surface area contributed by atoms with E-state index in [4.69, 9.17) is 4.52 Å². The van der Waals surface area contributed by atoms with Gasteiger partial charge in [0.15, 0.2) is 0 Å². The van der Waals surface area contributed by atoms with E-state index in [-0.39, 0.29) is 10.9 Å². The van der Waals surface area contributed by atoms with Crippen LogP contribution in [0.2, 0.25) is 0 Å². The Morgan fingerprint density at radius 3 is 2.03 bits per heavy atom. The van der Waals surface area contributed by atoms with Crippen LogP contribution in [0.1, 0.15) is 22.3 Å². The molecule has 29 heavy (non-hydrogen) atoms. The van der Waals surface area contributed by atoms with Gasteiger partial charge < -0.3 is 4.52 Å². The molecule has 7 heteroatoms. The van der Waals surface area contributed by atoms with Crippen molar-refractivity contribution in [2.24, 2.45) is 0 Å². The van der Waals surface area contributed by atoms with Gasteiger partial charge in [-0.05, 0) is 23.3 Å². The fourth-order valence-corrected chi connectivity index (χ4v) is 4.08. The fraction of sp³-hybridized carbons (Fsp3) is 0.0909. The third kappa shape index (κ3) is 4.52. The Balaban J connectivity index is 1.51. The normalized spacial score (nSPS) is 10.9. The fourth-order valence-electron chi connectivity index (χ4n) is 2.96. The van der Waals surface area contributed by atoms with Crippen LogP contribution in [-0.4, -0.2) is 15.1 Å². The van der Waals surface area contributed by atoms with Crippen LogP contribution in [0.5, 0.6) is 0 Å². The summed E-state index contributed by atoms with van der Waals surface area (Å²) in [5.74, 6) is 1.49. The van der Waals surface area contributed by atoms with Gasteiger partial charge in [0.05, 0.1) is 15.9 Å². The number of rotatable bonds is 7. The Labute approximate surface area is 171 Å². The predicted molar refractivity (Wildman–Crippen MR) is 112 cm³/mol. The summed E-state index contributed by atoms with van der Waals surface area (Å²) in [7, 11) is 0. The highest BCUT2D eigenvalue weighted by Crippen LogP contribution is 2.37. The molecule has 0 amide bonds. The lowest BCUT2D eigenvalue weighted by molar-refractivity contribution is -0.384. The molecule has 0 saturated heterocycles.